The summed E-state index contributed by atoms with van der Waals surface area (Å²) >= 11 is 0. The maximum Gasteiger partial charge on any atom is 0.251 e. The number of nitrogens with one attached hydrogen (secondary N) is 4. The summed E-state index contributed by atoms with van der Waals surface area (Å²) in [6.07, 6.45) is 1.05. The summed E-state index contributed by atoms with van der Waals surface area (Å²) in [6.45, 7) is 6.78. The molecule has 9 heteroatoms. The number of aryl methyl sites for hydroxylation is 1. The van der Waals surface area contributed by atoms with Crippen molar-refractivity contribution in [2.75, 3.05) is 19.7 Å². The third-order valence-electron chi connectivity index (χ3n) is 8.30. The lowest BCUT2D eigenvalue weighted by atomic mass is 9.96. The summed E-state index contributed by atoms with van der Waals surface area (Å²) in [5, 5.41) is 23.7. The lowest BCUT2D eigenvalue weighted by Gasteiger charge is -2.29. The van der Waals surface area contributed by atoms with Gasteiger partial charge in [0.1, 0.15) is 11.8 Å². The minimum Gasteiger partial charge on any atom is -0.494 e. The minimum atomic E-state index is -1.02. The van der Waals surface area contributed by atoms with Gasteiger partial charge in [0.25, 0.3) is 5.91 Å². The van der Waals surface area contributed by atoms with E-state index < -0.39 is 24.2 Å². The SMILES string of the molecule is CCC(C)[C@@H]1NC(=O)[C@@H](NC[C@@H](O)[C@H](Cc2ccccc2)NC(=O)c2cccc(C)c2)Cc2ccc(cc2)OCCCNC1=O. The lowest BCUT2D eigenvalue weighted by molar-refractivity contribution is -0.131. The molecule has 0 aliphatic carbocycles. The number of rotatable bonds is 10. The summed E-state index contributed by atoms with van der Waals surface area (Å²) in [4.78, 5) is 40.1. The predicted octanol–water partition coefficient (Wildman–Crippen LogP) is 3.33. The van der Waals surface area contributed by atoms with Gasteiger partial charge in [-0.25, -0.2) is 0 Å². The van der Waals surface area contributed by atoms with Gasteiger partial charge in [-0.15, -0.1) is 0 Å². The number of benzene rings is 3. The van der Waals surface area contributed by atoms with Crippen LogP contribution < -0.4 is 26.0 Å². The number of hydrogen-bond acceptors (Lipinski definition) is 6. The molecule has 45 heavy (non-hydrogen) atoms. The molecule has 2 bridgehead atoms. The van der Waals surface area contributed by atoms with E-state index in [1.165, 1.54) is 0 Å². The largest absolute Gasteiger partial charge is 0.494 e. The highest BCUT2D eigenvalue weighted by molar-refractivity contribution is 5.94. The predicted molar refractivity (Wildman–Crippen MR) is 175 cm³/mol. The van der Waals surface area contributed by atoms with Gasteiger partial charge in [0.05, 0.1) is 24.8 Å². The molecule has 3 aromatic rings. The monoisotopic (exact) mass is 614 g/mol. The van der Waals surface area contributed by atoms with Crippen LogP contribution in [0, 0.1) is 12.8 Å². The number of carbonyl (C=O) groups excluding carboxylic acids is 3. The van der Waals surface area contributed by atoms with E-state index in [0.29, 0.717) is 44.4 Å². The highest BCUT2D eigenvalue weighted by atomic mass is 16.5. The summed E-state index contributed by atoms with van der Waals surface area (Å²) in [5.74, 6) is -0.211. The van der Waals surface area contributed by atoms with Gasteiger partial charge < -0.3 is 31.1 Å². The maximum atomic E-state index is 13.8. The fourth-order valence-electron chi connectivity index (χ4n) is 5.35. The smallest absolute Gasteiger partial charge is 0.251 e. The van der Waals surface area contributed by atoms with Crippen LogP contribution in [0.2, 0.25) is 0 Å². The average Bonchev–Trinajstić information content (AvgIpc) is 3.05. The minimum absolute atomic E-state index is 0.0328. The number of amides is 3. The van der Waals surface area contributed by atoms with E-state index in [1.807, 2.05) is 87.5 Å². The molecule has 2 aliphatic heterocycles. The molecule has 1 unspecified atom stereocenters. The first-order valence-electron chi connectivity index (χ1n) is 15.9. The van der Waals surface area contributed by atoms with Gasteiger partial charge in [-0.05, 0) is 67.5 Å². The molecule has 0 radical (unpaired) electrons. The molecule has 0 spiro atoms. The molecule has 9 nitrogen and oxygen atoms in total. The average molecular weight is 615 g/mol. The fraction of sp³-hybridized carbons (Fsp3) is 0.417. The molecule has 2 heterocycles. The van der Waals surface area contributed by atoms with E-state index in [0.717, 1.165) is 22.4 Å². The maximum absolute atomic E-state index is 13.8. The number of carbonyl (C=O) groups is 3. The van der Waals surface area contributed by atoms with Crippen molar-refractivity contribution in [1.82, 2.24) is 21.3 Å². The van der Waals surface area contributed by atoms with E-state index >= 15 is 0 Å². The van der Waals surface area contributed by atoms with Crippen molar-refractivity contribution >= 4 is 17.7 Å². The first-order chi connectivity index (χ1) is 21.7. The van der Waals surface area contributed by atoms with Crippen molar-refractivity contribution in [2.24, 2.45) is 5.92 Å². The second kappa shape index (κ2) is 16.7. The quantitative estimate of drug-likeness (QED) is 0.238. The molecule has 0 saturated carbocycles. The molecule has 3 amide bonds. The molecule has 240 valence electrons. The van der Waals surface area contributed by atoms with Crippen molar-refractivity contribution in [1.29, 1.82) is 0 Å². The molecular weight excluding hydrogens is 568 g/mol. The molecular formula is C36H46N4O5. The van der Waals surface area contributed by atoms with Gasteiger partial charge in [0.15, 0.2) is 0 Å². The number of aliphatic hydroxyl groups is 1. The number of aliphatic hydroxyl groups excluding tert-OH is 1. The summed E-state index contributed by atoms with van der Waals surface area (Å²) < 4.78 is 5.82. The molecule has 3 aromatic carbocycles. The second-order valence-electron chi connectivity index (χ2n) is 11.9. The number of ether oxygens (including phenoxy) is 1. The standard InChI is InChI=1S/C36H46N4O5/c1-4-25(3)33-36(44)37-18-9-19-45-29-16-14-27(15-17-29)22-31(35(43)40-33)38-23-32(41)30(21-26-11-6-5-7-12-26)39-34(42)28-13-8-10-24(2)20-28/h5-8,10-17,20,25,30-33,38,41H,4,9,18-19,21-23H2,1-3H3,(H,37,44)(H,39,42)(H,40,43)/t25?,30-,31-,32+,33-/m0/s1. The Labute approximate surface area is 266 Å². The van der Waals surface area contributed by atoms with Crippen molar-refractivity contribution in [3.05, 3.63) is 101 Å². The van der Waals surface area contributed by atoms with E-state index in [4.69, 9.17) is 4.74 Å². The molecule has 5 atom stereocenters. The van der Waals surface area contributed by atoms with Gasteiger partial charge in [0, 0.05) is 18.7 Å². The Morgan fingerprint density at radius 2 is 1.78 bits per heavy atom. The van der Waals surface area contributed by atoms with E-state index in [2.05, 4.69) is 21.3 Å². The summed E-state index contributed by atoms with van der Waals surface area (Å²) in [6, 6.07) is 22.5. The van der Waals surface area contributed by atoms with E-state index in [9.17, 15) is 19.5 Å². The molecule has 2 aliphatic rings. The molecule has 5 N–H and O–H groups in total. The van der Waals surface area contributed by atoms with Crippen molar-refractivity contribution in [3.63, 3.8) is 0 Å². The number of fused-ring (bicyclic) bond motifs is 12. The normalized spacial score (nSPS) is 19.6. The van der Waals surface area contributed by atoms with Crippen LogP contribution in [0.3, 0.4) is 0 Å². The van der Waals surface area contributed by atoms with Gasteiger partial charge in [0.2, 0.25) is 11.8 Å². The van der Waals surface area contributed by atoms with Crippen molar-refractivity contribution in [3.8, 4) is 5.75 Å². The Kier molecular flexibility index (Phi) is 12.5. The third-order valence-corrected chi connectivity index (χ3v) is 8.30. The summed E-state index contributed by atoms with van der Waals surface area (Å²) in [7, 11) is 0. The Hall–Kier alpha value is -4.21. The zero-order valence-corrected chi connectivity index (χ0v) is 26.4. The second-order valence-corrected chi connectivity index (χ2v) is 11.9. The molecule has 0 saturated heterocycles. The van der Waals surface area contributed by atoms with Crippen LogP contribution >= 0.6 is 0 Å². The van der Waals surface area contributed by atoms with Gasteiger partial charge >= 0.3 is 0 Å². The van der Waals surface area contributed by atoms with Crippen LogP contribution in [0.25, 0.3) is 0 Å². The Morgan fingerprint density at radius 3 is 2.49 bits per heavy atom. The third kappa shape index (κ3) is 10.2. The zero-order valence-electron chi connectivity index (χ0n) is 26.4. The fourth-order valence-corrected chi connectivity index (χ4v) is 5.35. The van der Waals surface area contributed by atoms with Crippen LogP contribution in [0.15, 0.2) is 78.9 Å². The van der Waals surface area contributed by atoms with Crippen LogP contribution in [0.4, 0.5) is 0 Å². The first kappa shape index (κ1) is 33.7. The van der Waals surface area contributed by atoms with Crippen LogP contribution in [0.1, 0.15) is 53.7 Å². The van der Waals surface area contributed by atoms with E-state index in [-0.39, 0.29) is 30.2 Å². The van der Waals surface area contributed by atoms with Crippen LogP contribution in [-0.2, 0) is 22.4 Å². The zero-order chi connectivity index (χ0) is 32.2. The Morgan fingerprint density at radius 1 is 1.02 bits per heavy atom. The van der Waals surface area contributed by atoms with Crippen molar-refractivity contribution in [2.45, 2.75) is 70.7 Å². The van der Waals surface area contributed by atoms with Crippen molar-refractivity contribution < 1.29 is 24.2 Å². The van der Waals surface area contributed by atoms with Gasteiger partial charge in [-0.3, -0.25) is 14.4 Å². The summed E-state index contributed by atoms with van der Waals surface area (Å²) in [5.41, 5.74) is 3.33. The Bertz CT molecular complexity index is 1400. The van der Waals surface area contributed by atoms with Crippen LogP contribution in [0.5, 0.6) is 5.75 Å². The topological polar surface area (TPSA) is 129 Å². The van der Waals surface area contributed by atoms with E-state index in [1.54, 1.807) is 12.1 Å². The first-order valence-corrected chi connectivity index (χ1v) is 15.9. The number of hydrogen-bond donors (Lipinski definition) is 5. The Balaban J connectivity index is 1.54. The lowest BCUT2D eigenvalue weighted by Crippen LogP contribution is -2.57. The molecule has 0 fully saturated rings. The van der Waals surface area contributed by atoms with Gasteiger partial charge in [-0.1, -0.05) is 80.4 Å². The molecule has 5 rings (SSSR count). The van der Waals surface area contributed by atoms with Gasteiger partial charge in [-0.2, -0.15) is 0 Å². The molecule has 0 aromatic heterocycles. The highest BCUT2D eigenvalue weighted by Gasteiger charge is 2.30. The van der Waals surface area contributed by atoms with Crippen LogP contribution in [-0.4, -0.2) is 66.8 Å². The highest BCUT2D eigenvalue weighted by Crippen LogP contribution is 2.16.